The highest BCUT2D eigenvalue weighted by Gasteiger charge is 2.16. The van der Waals surface area contributed by atoms with Gasteiger partial charge in [0.2, 0.25) is 0 Å². The van der Waals surface area contributed by atoms with Gasteiger partial charge in [-0.1, -0.05) is 22.0 Å². The fraction of sp³-hybridized carbons (Fsp3) is 0. The van der Waals surface area contributed by atoms with Gasteiger partial charge >= 0.3 is 5.97 Å². The summed E-state index contributed by atoms with van der Waals surface area (Å²) in [7, 11) is 0. The van der Waals surface area contributed by atoms with Crippen LogP contribution in [0.15, 0.2) is 75.0 Å². The zero-order valence-corrected chi connectivity index (χ0v) is 17.8. The highest BCUT2D eigenvalue weighted by atomic mass is 79.9. The molecule has 0 saturated carbocycles. The Balaban J connectivity index is 1.81. The van der Waals surface area contributed by atoms with Crippen LogP contribution in [0.2, 0.25) is 0 Å². The Morgan fingerprint density at radius 1 is 1.10 bits per heavy atom. The zero-order valence-electron chi connectivity index (χ0n) is 14.6. The Bertz CT molecular complexity index is 1090. The number of rotatable bonds is 5. The predicted octanol–water partition coefficient (Wildman–Crippen LogP) is 4.73. The number of hydrogen-bond acceptors (Lipinski definition) is 5. The molecule has 6 nitrogen and oxygen atoms in total. The van der Waals surface area contributed by atoms with E-state index in [-0.39, 0.29) is 11.3 Å². The topological polar surface area (TPSA) is 80.6 Å². The van der Waals surface area contributed by atoms with Crippen molar-refractivity contribution in [2.24, 2.45) is 5.10 Å². The Morgan fingerprint density at radius 3 is 2.62 bits per heavy atom. The lowest BCUT2D eigenvalue weighted by atomic mass is 10.2. The summed E-state index contributed by atoms with van der Waals surface area (Å²) in [6, 6.07) is 11.7. The molecule has 3 rings (SSSR count). The van der Waals surface area contributed by atoms with Crippen LogP contribution >= 0.6 is 31.9 Å². The van der Waals surface area contributed by atoms with E-state index in [0.717, 1.165) is 6.07 Å². The Labute approximate surface area is 182 Å². The third-order valence-corrected chi connectivity index (χ3v) is 4.63. The Morgan fingerprint density at radius 2 is 1.90 bits per heavy atom. The average Bonchev–Trinajstić information content (AvgIpc) is 2.71. The molecule has 29 heavy (non-hydrogen) atoms. The van der Waals surface area contributed by atoms with Crippen molar-refractivity contribution in [1.29, 1.82) is 0 Å². The molecule has 0 aliphatic heterocycles. The first kappa shape index (κ1) is 20.8. The largest absolute Gasteiger partial charge is 0.421 e. The van der Waals surface area contributed by atoms with Gasteiger partial charge in [-0.3, -0.25) is 9.78 Å². The van der Waals surface area contributed by atoms with Crippen molar-refractivity contribution in [2.45, 2.75) is 0 Å². The lowest BCUT2D eigenvalue weighted by Crippen LogP contribution is -2.18. The van der Waals surface area contributed by atoms with Gasteiger partial charge < -0.3 is 4.74 Å². The maximum absolute atomic E-state index is 13.4. The first-order valence-electron chi connectivity index (χ1n) is 8.14. The molecule has 146 valence electrons. The van der Waals surface area contributed by atoms with Crippen molar-refractivity contribution in [2.75, 3.05) is 0 Å². The second kappa shape index (κ2) is 9.53. The number of pyridine rings is 1. The maximum atomic E-state index is 13.4. The minimum absolute atomic E-state index is 0.0626. The molecule has 0 fully saturated rings. The molecule has 0 spiro atoms. The van der Waals surface area contributed by atoms with Crippen LogP contribution in [-0.2, 0) is 0 Å². The molecule has 1 N–H and O–H groups in total. The van der Waals surface area contributed by atoms with Gasteiger partial charge in [0.1, 0.15) is 5.82 Å². The van der Waals surface area contributed by atoms with Crippen LogP contribution in [0.5, 0.6) is 5.75 Å². The number of nitrogens with one attached hydrogen (secondary N) is 1. The van der Waals surface area contributed by atoms with E-state index < -0.39 is 17.7 Å². The zero-order chi connectivity index (χ0) is 20.8. The molecule has 0 saturated heterocycles. The van der Waals surface area contributed by atoms with E-state index in [9.17, 15) is 14.0 Å². The number of nitrogens with zero attached hydrogens (tertiary/aromatic N) is 2. The lowest BCUT2D eigenvalue weighted by Gasteiger charge is -2.10. The second-order valence-electron chi connectivity index (χ2n) is 5.65. The van der Waals surface area contributed by atoms with Crippen LogP contribution in [0.1, 0.15) is 26.3 Å². The maximum Gasteiger partial charge on any atom is 0.343 e. The summed E-state index contributed by atoms with van der Waals surface area (Å²) in [6.07, 6.45) is 4.29. The van der Waals surface area contributed by atoms with Gasteiger partial charge in [0.25, 0.3) is 5.91 Å². The minimum Gasteiger partial charge on any atom is -0.421 e. The molecule has 0 aliphatic carbocycles. The number of amides is 1. The second-order valence-corrected chi connectivity index (χ2v) is 7.42. The predicted molar refractivity (Wildman–Crippen MR) is 112 cm³/mol. The third kappa shape index (κ3) is 5.55. The molecule has 0 unspecified atom stereocenters. The molecule has 1 aromatic heterocycles. The van der Waals surface area contributed by atoms with Crippen molar-refractivity contribution < 1.29 is 18.7 Å². The molecule has 0 atom stereocenters. The number of ether oxygens (including phenoxy) is 1. The molecule has 3 aromatic rings. The number of carbonyl (C=O) groups is 2. The fourth-order valence-corrected chi connectivity index (χ4v) is 3.61. The lowest BCUT2D eigenvalue weighted by molar-refractivity contribution is 0.0732. The van der Waals surface area contributed by atoms with Crippen LogP contribution in [0.4, 0.5) is 4.39 Å². The summed E-state index contributed by atoms with van der Waals surface area (Å²) in [5.74, 6) is -1.56. The molecule has 2 aromatic carbocycles. The third-order valence-electron chi connectivity index (χ3n) is 3.59. The summed E-state index contributed by atoms with van der Waals surface area (Å²) < 4.78 is 20.0. The molecule has 0 bridgehead atoms. The van der Waals surface area contributed by atoms with Gasteiger partial charge in [0.15, 0.2) is 5.75 Å². The van der Waals surface area contributed by atoms with Gasteiger partial charge in [-0.05, 0) is 58.4 Å². The molecule has 9 heteroatoms. The number of hydrazone groups is 1. The van der Waals surface area contributed by atoms with E-state index >= 15 is 0 Å². The van der Waals surface area contributed by atoms with Crippen molar-refractivity contribution >= 4 is 50.0 Å². The summed E-state index contributed by atoms with van der Waals surface area (Å²) in [5.41, 5.74) is 3.19. The minimum atomic E-state index is -0.735. The SMILES string of the molecule is O=C(NN=Cc1cc(Br)cc(Br)c1OC(=O)c1cccc(F)c1)c1cccnc1. The van der Waals surface area contributed by atoms with Crippen LogP contribution < -0.4 is 10.2 Å². The van der Waals surface area contributed by atoms with E-state index in [1.54, 1.807) is 30.5 Å². The summed E-state index contributed by atoms with van der Waals surface area (Å²) in [6.45, 7) is 0. The molecule has 0 aliphatic rings. The Kier molecular flexibility index (Phi) is 6.84. The molecule has 1 amide bonds. The quantitative estimate of drug-likeness (QED) is 0.228. The standard InChI is InChI=1S/C20H12Br2FN3O3/c21-15-7-14(11-25-26-19(27)13-4-2-6-24-10-13)18(17(22)9-15)29-20(28)12-3-1-5-16(23)8-12/h1-11H,(H,26,27). The van der Waals surface area contributed by atoms with Gasteiger partial charge in [0.05, 0.1) is 21.8 Å². The summed E-state index contributed by atoms with van der Waals surface area (Å²) in [4.78, 5) is 28.3. The number of halogens is 3. The van der Waals surface area contributed by atoms with Gasteiger partial charge in [-0.15, -0.1) is 0 Å². The van der Waals surface area contributed by atoms with Crippen molar-refractivity contribution in [3.05, 3.63) is 92.4 Å². The van der Waals surface area contributed by atoms with Crippen molar-refractivity contribution in [3.63, 3.8) is 0 Å². The molecule has 0 radical (unpaired) electrons. The van der Waals surface area contributed by atoms with Gasteiger partial charge in [0, 0.05) is 22.4 Å². The highest BCUT2D eigenvalue weighted by Crippen LogP contribution is 2.32. The van der Waals surface area contributed by atoms with E-state index in [2.05, 4.69) is 47.4 Å². The smallest absolute Gasteiger partial charge is 0.343 e. The van der Waals surface area contributed by atoms with Crippen LogP contribution in [0.3, 0.4) is 0 Å². The first-order chi connectivity index (χ1) is 13.9. The number of hydrogen-bond donors (Lipinski definition) is 1. The van der Waals surface area contributed by atoms with Crippen molar-refractivity contribution in [1.82, 2.24) is 10.4 Å². The fourth-order valence-electron chi connectivity index (χ4n) is 2.27. The molecular weight excluding hydrogens is 509 g/mol. The van der Waals surface area contributed by atoms with E-state index in [1.165, 1.54) is 30.6 Å². The number of aromatic nitrogens is 1. The molecule has 1 heterocycles. The van der Waals surface area contributed by atoms with Crippen LogP contribution in [-0.4, -0.2) is 23.1 Å². The normalized spacial score (nSPS) is 10.7. The number of esters is 1. The average molecular weight is 521 g/mol. The first-order valence-corrected chi connectivity index (χ1v) is 9.73. The number of benzene rings is 2. The Hall–Kier alpha value is -2.91. The monoisotopic (exact) mass is 519 g/mol. The van der Waals surface area contributed by atoms with Gasteiger partial charge in [-0.25, -0.2) is 14.6 Å². The highest BCUT2D eigenvalue weighted by molar-refractivity contribution is 9.11. The van der Waals surface area contributed by atoms with Crippen LogP contribution in [0, 0.1) is 5.82 Å². The van der Waals surface area contributed by atoms with E-state index in [1.807, 2.05) is 0 Å². The van der Waals surface area contributed by atoms with Crippen molar-refractivity contribution in [3.8, 4) is 5.75 Å². The van der Waals surface area contributed by atoms with E-state index in [0.29, 0.717) is 20.1 Å². The van der Waals surface area contributed by atoms with E-state index in [4.69, 9.17) is 4.74 Å². The summed E-state index contributed by atoms with van der Waals surface area (Å²) >= 11 is 6.68. The molecular formula is C20H12Br2FN3O3. The van der Waals surface area contributed by atoms with Gasteiger partial charge in [-0.2, -0.15) is 5.10 Å². The number of carbonyl (C=O) groups excluding carboxylic acids is 2. The summed E-state index contributed by atoms with van der Waals surface area (Å²) in [5, 5.41) is 3.91. The van der Waals surface area contributed by atoms with Crippen LogP contribution in [0.25, 0.3) is 0 Å².